The van der Waals surface area contributed by atoms with Gasteiger partial charge < -0.3 is 5.73 Å². The molecule has 3 aromatic rings. The topological polar surface area (TPSA) is 124 Å². The van der Waals surface area contributed by atoms with Gasteiger partial charge >= 0.3 is 0 Å². The van der Waals surface area contributed by atoms with Gasteiger partial charge in [-0.1, -0.05) is 52.4 Å². The first-order valence-electron chi connectivity index (χ1n) is 10.4. The SMILES string of the molecule is CC(=O)C(Br)c1ccc(S(C)(=O)=O)cc1.CC(N)=S.Cc1nc(C)c(-c2ccc(S(C)(=O)=O)cc2)s1. The number of thiazole rings is 1. The van der Waals surface area contributed by atoms with Crippen LogP contribution in [0.4, 0.5) is 0 Å². The van der Waals surface area contributed by atoms with Crippen molar-refractivity contribution in [2.75, 3.05) is 12.5 Å². The number of aromatic nitrogens is 1. The van der Waals surface area contributed by atoms with E-state index in [4.69, 9.17) is 5.73 Å². The van der Waals surface area contributed by atoms with Crippen molar-refractivity contribution >= 4 is 69.9 Å². The Balaban J connectivity index is 0.000000316. The van der Waals surface area contributed by atoms with Gasteiger partial charge in [-0.2, -0.15) is 0 Å². The Labute approximate surface area is 231 Å². The van der Waals surface area contributed by atoms with E-state index < -0.39 is 19.7 Å². The fraction of sp³-hybridized carbons (Fsp3) is 0.292. The van der Waals surface area contributed by atoms with Gasteiger partial charge in [0.15, 0.2) is 19.7 Å². The predicted molar refractivity (Wildman–Crippen MR) is 154 cm³/mol. The minimum absolute atomic E-state index is 0.0119. The second-order valence-corrected chi connectivity index (χ2v) is 14.7. The number of thiocarbonyl (C=S) groups is 1. The molecule has 1 unspecified atom stereocenters. The fourth-order valence-corrected chi connectivity index (χ4v) is 5.26. The summed E-state index contributed by atoms with van der Waals surface area (Å²) in [5, 5.41) is 1.02. The number of carbonyl (C=O) groups excluding carboxylic acids is 1. The third-order valence-electron chi connectivity index (χ3n) is 4.41. The number of hydrogen-bond donors (Lipinski definition) is 1. The van der Waals surface area contributed by atoms with Crippen LogP contribution < -0.4 is 5.73 Å². The van der Waals surface area contributed by atoms with Gasteiger partial charge in [-0.3, -0.25) is 4.79 Å². The van der Waals surface area contributed by atoms with Gasteiger partial charge in [0.05, 0.1) is 35.2 Å². The summed E-state index contributed by atoms with van der Waals surface area (Å²) in [5.41, 5.74) is 7.60. The highest BCUT2D eigenvalue weighted by molar-refractivity contribution is 9.09. The van der Waals surface area contributed by atoms with Crippen LogP contribution in [0.2, 0.25) is 0 Å². The van der Waals surface area contributed by atoms with Gasteiger partial charge in [0.1, 0.15) is 5.78 Å². The Bertz CT molecular complexity index is 1410. The first kappa shape index (κ1) is 32.0. The molecule has 196 valence electrons. The molecule has 0 bridgehead atoms. The monoisotopic (exact) mass is 632 g/mol. The number of nitrogens with zero attached hydrogens (tertiary/aromatic N) is 1. The van der Waals surface area contributed by atoms with Crippen molar-refractivity contribution < 1.29 is 21.6 Å². The van der Waals surface area contributed by atoms with Gasteiger partial charge in [-0.05, 0) is 63.1 Å². The third-order valence-corrected chi connectivity index (χ3v) is 8.96. The average molecular weight is 634 g/mol. The lowest BCUT2D eigenvalue weighted by Crippen LogP contribution is -2.02. The van der Waals surface area contributed by atoms with Crippen LogP contribution in [0.5, 0.6) is 0 Å². The zero-order valence-electron chi connectivity index (χ0n) is 20.8. The lowest BCUT2D eigenvalue weighted by Gasteiger charge is -2.06. The van der Waals surface area contributed by atoms with E-state index in [0.29, 0.717) is 9.88 Å². The van der Waals surface area contributed by atoms with Crippen LogP contribution in [0.3, 0.4) is 0 Å². The molecule has 1 atom stereocenters. The third kappa shape index (κ3) is 10.6. The lowest BCUT2D eigenvalue weighted by atomic mass is 10.1. The Hall–Kier alpha value is -1.99. The van der Waals surface area contributed by atoms with Gasteiger partial charge in [0.2, 0.25) is 0 Å². The Morgan fingerprint density at radius 1 is 0.917 bits per heavy atom. The van der Waals surface area contributed by atoms with Crippen molar-refractivity contribution in [1.82, 2.24) is 4.98 Å². The molecular formula is C24H29BrN2O5S4. The summed E-state index contributed by atoms with van der Waals surface area (Å²) >= 11 is 9.16. The minimum Gasteiger partial charge on any atom is -0.394 e. The van der Waals surface area contributed by atoms with Crippen LogP contribution in [-0.4, -0.2) is 45.1 Å². The molecule has 12 heteroatoms. The van der Waals surface area contributed by atoms with Crippen molar-refractivity contribution in [3.8, 4) is 10.4 Å². The van der Waals surface area contributed by atoms with Gasteiger partial charge in [-0.15, -0.1) is 11.3 Å². The summed E-state index contributed by atoms with van der Waals surface area (Å²) in [4.78, 5) is 17.3. The molecule has 0 aliphatic heterocycles. The largest absolute Gasteiger partial charge is 0.394 e. The van der Waals surface area contributed by atoms with E-state index in [0.717, 1.165) is 33.0 Å². The van der Waals surface area contributed by atoms with E-state index in [2.05, 4.69) is 33.1 Å². The number of nitrogens with two attached hydrogens (primary N) is 1. The zero-order valence-corrected chi connectivity index (χ0v) is 25.6. The molecule has 0 aliphatic rings. The van der Waals surface area contributed by atoms with Crippen molar-refractivity contribution in [3.63, 3.8) is 0 Å². The highest BCUT2D eigenvalue weighted by atomic mass is 79.9. The van der Waals surface area contributed by atoms with Crippen LogP contribution in [0.15, 0.2) is 58.3 Å². The summed E-state index contributed by atoms with van der Waals surface area (Å²) in [6, 6.07) is 13.2. The first-order chi connectivity index (χ1) is 16.4. The van der Waals surface area contributed by atoms with Crippen LogP contribution >= 0.6 is 39.5 Å². The molecule has 7 nitrogen and oxygen atoms in total. The van der Waals surface area contributed by atoms with E-state index in [1.807, 2.05) is 26.0 Å². The molecule has 0 aliphatic carbocycles. The van der Waals surface area contributed by atoms with E-state index in [1.165, 1.54) is 25.3 Å². The molecule has 0 amide bonds. The molecule has 1 aromatic heterocycles. The quantitative estimate of drug-likeness (QED) is 0.299. The molecule has 0 saturated heterocycles. The molecule has 0 spiro atoms. The standard InChI is InChI=1S/C12H13NO2S2.C10H11BrO3S.C2H5NS/c1-8-12(16-9(2)13-8)10-4-6-11(7-5-10)17(3,14)15;1-7(12)10(11)8-3-5-9(6-4-8)15(2,13)14;1-2(3)4/h4-7H,1-3H3;3-6,10H,1-2H3;1H3,(H2,3,4). The summed E-state index contributed by atoms with van der Waals surface area (Å²) in [7, 11) is -6.28. The van der Waals surface area contributed by atoms with Crippen molar-refractivity contribution in [2.24, 2.45) is 5.73 Å². The number of rotatable bonds is 5. The highest BCUT2D eigenvalue weighted by Gasteiger charge is 2.14. The number of aryl methyl sites for hydroxylation is 2. The van der Waals surface area contributed by atoms with Crippen LogP contribution in [-0.2, 0) is 24.5 Å². The van der Waals surface area contributed by atoms with Crippen LogP contribution in [0.1, 0.15) is 34.9 Å². The maximum atomic E-state index is 11.3. The molecule has 2 N–H and O–H groups in total. The first-order valence-corrected chi connectivity index (χ1v) is 16.3. The second-order valence-electron chi connectivity index (χ2n) is 7.87. The van der Waals surface area contributed by atoms with Crippen molar-refractivity contribution in [2.45, 2.75) is 42.3 Å². The van der Waals surface area contributed by atoms with Crippen LogP contribution in [0.25, 0.3) is 10.4 Å². The number of ketones is 1. The molecule has 0 fully saturated rings. The molecule has 0 radical (unpaired) electrons. The normalized spacial score (nSPS) is 11.9. The number of Topliss-reactive ketones (excluding diaryl/α,β-unsaturated/α-hetero) is 1. The molecule has 3 rings (SSSR count). The summed E-state index contributed by atoms with van der Waals surface area (Å²) in [6.45, 7) is 7.08. The zero-order chi connectivity index (χ0) is 27.8. The van der Waals surface area contributed by atoms with Gasteiger partial charge in [0.25, 0.3) is 0 Å². The minimum atomic E-state index is -3.17. The number of hydrogen-bond acceptors (Lipinski definition) is 8. The molecule has 36 heavy (non-hydrogen) atoms. The van der Waals surface area contributed by atoms with Crippen molar-refractivity contribution in [1.29, 1.82) is 0 Å². The Morgan fingerprint density at radius 2 is 1.31 bits per heavy atom. The Morgan fingerprint density at radius 3 is 1.61 bits per heavy atom. The van der Waals surface area contributed by atoms with E-state index in [-0.39, 0.29) is 15.5 Å². The highest BCUT2D eigenvalue weighted by Crippen LogP contribution is 2.30. The summed E-state index contributed by atoms with van der Waals surface area (Å²) in [5.74, 6) is -0.0119. The van der Waals surface area contributed by atoms with Crippen molar-refractivity contribution in [3.05, 3.63) is 64.8 Å². The lowest BCUT2D eigenvalue weighted by molar-refractivity contribution is -0.116. The van der Waals surface area contributed by atoms with E-state index >= 15 is 0 Å². The predicted octanol–water partition coefficient (Wildman–Crippen LogP) is 5.24. The Kier molecular flexibility index (Phi) is 12.0. The summed E-state index contributed by atoms with van der Waals surface area (Å²) in [6.07, 6.45) is 2.36. The summed E-state index contributed by atoms with van der Waals surface area (Å²) < 4.78 is 45.0. The van der Waals surface area contributed by atoms with Gasteiger partial charge in [0, 0.05) is 12.5 Å². The maximum absolute atomic E-state index is 11.3. The average Bonchev–Trinajstić information content (AvgIpc) is 3.10. The molecular weight excluding hydrogens is 604 g/mol. The number of carbonyl (C=O) groups is 1. The number of alkyl halides is 1. The molecule has 0 saturated carbocycles. The number of halogens is 1. The maximum Gasteiger partial charge on any atom is 0.175 e. The van der Waals surface area contributed by atoms with Crippen LogP contribution in [0, 0.1) is 13.8 Å². The number of benzene rings is 2. The fourth-order valence-electron chi connectivity index (χ4n) is 2.77. The smallest absolute Gasteiger partial charge is 0.175 e. The molecule has 1 heterocycles. The molecule has 2 aromatic carbocycles. The van der Waals surface area contributed by atoms with E-state index in [1.54, 1.807) is 42.5 Å². The van der Waals surface area contributed by atoms with E-state index in [9.17, 15) is 21.6 Å². The second kappa shape index (κ2) is 13.5. The van der Waals surface area contributed by atoms with Gasteiger partial charge in [-0.25, -0.2) is 21.8 Å². The number of sulfone groups is 2.